The second-order valence-corrected chi connectivity index (χ2v) is 6.81. The Morgan fingerprint density at radius 1 is 1.30 bits per heavy atom. The van der Waals surface area contributed by atoms with Crippen molar-refractivity contribution >= 4 is 11.6 Å². The summed E-state index contributed by atoms with van der Waals surface area (Å²) in [5.41, 5.74) is 1.71. The van der Waals surface area contributed by atoms with Gasteiger partial charge in [-0.15, -0.1) is 0 Å². The first-order chi connectivity index (χ1) is 9.57. The van der Waals surface area contributed by atoms with E-state index in [2.05, 4.69) is 31.3 Å². The summed E-state index contributed by atoms with van der Waals surface area (Å²) < 4.78 is 5.11. The summed E-state index contributed by atoms with van der Waals surface area (Å²) in [6.07, 6.45) is 2.54. The van der Waals surface area contributed by atoms with Crippen LogP contribution in [-0.2, 0) is 10.2 Å². The highest BCUT2D eigenvalue weighted by atomic mass is 35.5. The molecule has 20 heavy (non-hydrogen) atoms. The van der Waals surface area contributed by atoms with Crippen molar-refractivity contribution < 1.29 is 4.74 Å². The number of hydrogen-bond acceptors (Lipinski definition) is 2. The van der Waals surface area contributed by atoms with Crippen LogP contribution < -0.4 is 5.32 Å². The predicted octanol–water partition coefficient (Wildman–Crippen LogP) is 3.88. The highest BCUT2D eigenvalue weighted by molar-refractivity contribution is 6.30. The molecule has 0 aromatic heterocycles. The quantitative estimate of drug-likeness (QED) is 0.771. The van der Waals surface area contributed by atoms with Crippen LogP contribution in [0.25, 0.3) is 0 Å². The largest absolute Gasteiger partial charge is 0.383 e. The summed E-state index contributed by atoms with van der Waals surface area (Å²) in [7, 11) is 1.74. The third-order valence-corrected chi connectivity index (χ3v) is 4.90. The maximum Gasteiger partial charge on any atom is 0.0587 e. The molecule has 3 heteroatoms. The van der Waals surface area contributed by atoms with Crippen molar-refractivity contribution in [1.29, 1.82) is 0 Å². The lowest BCUT2D eigenvalue weighted by Crippen LogP contribution is -2.50. The van der Waals surface area contributed by atoms with Crippen molar-refractivity contribution in [2.24, 2.45) is 11.8 Å². The average molecular weight is 296 g/mol. The van der Waals surface area contributed by atoms with Crippen molar-refractivity contribution in [2.45, 2.75) is 32.1 Å². The molecule has 0 unspecified atom stereocenters. The lowest BCUT2D eigenvalue weighted by atomic mass is 9.56. The summed E-state index contributed by atoms with van der Waals surface area (Å²) in [4.78, 5) is 0. The van der Waals surface area contributed by atoms with Crippen LogP contribution in [0.4, 0.5) is 0 Å². The van der Waals surface area contributed by atoms with Gasteiger partial charge in [0.25, 0.3) is 0 Å². The lowest BCUT2D eigenvalue weighted by Gasteiger charge is -2.50. The van der Waals surface area contributed by atoms with Gasteiger partial charge < -0.3 is 10.1 Å². The molecule has 0 saturated heterocycles. The van der Waals surface area contributed by atoms with Crippen molar-refractivity contribution in [3.05, 3.63) is 34.9 Å². The number of methoxy groups -OCH3 is 1. The van der Waals surface area contributed by atoms with E-state index >= 15 is 0 Å². The molecule has 1 fully saturated rings. The van der Waals surface area contributed by atoms with Gasteiger partial charge in [-0.25, -0.2) is 0 Å². The minimum absolute atomic E-state index is 0.285. The fraction of sp³-hybridized carbons (Fsp3) is 0.647. The molecule has 1 aromatic carbocycles. The van der Waals surface area contributed by atoms with Crippen LogP contribution in [0.1, 0.15) is 32.3 Å². The minimum atomic E-state index is 0.285. The molecule has 1 N–H and O–H groups in total. The van der Waals surface area contributed by atoms with Gasteiger partial charge in [0, 0.05) is 30.6 Å². The van der Waals surface area contributed by atoms with E-state index in [1.807, 2.05) is 12.1 Å². The maximum absolute atomic E-state index is 6.02. The number of nitrogens with one attached hydrogen (secondary N) is 1. The first-order valence-electron chi connectivity index (χ1n) is 7.53. The third-order valence-electron chi connectivity index (χ3n) is 4.65. The first kappa shape index (κ1) is 15.8. The van der Waals surface area contributed by atoms with Gasteiger partial charge in [0.15, 0.2) is 0 Å². The summed E-state index contributed by atoms with van der Waals surface area (Å²) >= 11 is 6.02. The monoisotopic (exact) mass is 295 g/mol. The number of ether oxygens (including phenoxy) is 1. The molecule has 1 saturated carbocycles. The summed E-state index contributed by atoms with van der Waals surface area (Å²) in [6, 6.07) is 8.40. The van der Waals surface area contributed by atoms with Gasteiger partial charge in [0.2, 0.25) is 0 Å². The normalized spacial score (nSPS) is 25.8. The van der Waals surface area contributed by atoms with E-state index in [0.29, 0.717) is 0 Å². The lowest BCUT2D eigenvalue weighted by molar-refractivity contribution is 0.0949. The van der Waals surface area contributed by atoms with Gasteiger partial charge in [-0.2, -0.15) is 0 Å². The number of halogens is 1. The fourth-order valence-corrected chi connectivity index (χ4v) is 3.33. The van der Waals surface area contributed by atoms with Gasteiger partial charge in [-0.05, 0) is 42.4 Å². The number of benzene rings is 1. The number of rotatable bonds is 7. The molecule has 2 rings (SSSR count). The van der Waals surface area contributed by atoms with Crippen molar-refractivity contribution in [3.63, 3.8) is 0 Å². The van der Waals surface area contributed by atoms with E-state index in [-0.39, 0.29) is 5.41 Å². The molecule has 0 bridgehead atoms. The van der Waals surface area contributed by atoms with E-state index in [0.717, 1.165) is 36.6 Å². The molecule has 0 radical (unpaired) electrons. The Hall–Kier alpha value is -0.570. The van der Waals surface area contributed by atoms with Crippen LogP contribution >= 0.6 is 11.6 Å². The SMILES string of the molecule is COCCNCC1(c2ccc(Cl)cc2)CC(C(C)C)C1. The van der Waals surface area contributed by atoms with Crippen LogP contribution in [0.2, 0.25) is 5.02 Å². The predicted molar refractivity (Wildman–Crippen MR) is 85.4 cm³/mol. The molecule has 1 aliphatic carbocycles. The molecule has 2 nitrogen and oxygen atoms in total. The molecule has 0 spiro atoms. The highest BCUT2D eigenvalue weighted by Gasteiger charge is 2.45. The zero-order valence-corrected chi connectivity index (χ0v) is 13.5. The van der Waals surface area contributed by atoms with Gasteiger partial charge in [-0.3, -0.25) is 0 Å². The van der Waals surface area contributed by atoms with Crippen molar-refractivity contribution in [2.75, 3.05) is 26.8 Å². The third kappa shape index (κ3) is 3.55. The van der Waals surface area contributed by atoms with Crippen LogP contribution in [0.5, 0.6) is 0 Å². The van der Waals surface area contributed by atoms with Crippen molar-refractivity contribution in [1.82, 2.24) is 5.32 Å². The van der Waals surface area contributed by atoms with Gasteiger partial charge in [-0.1, -0.05) is 37.6 Å². The van der Waals surface area contributed by atoms with Gasteiger partial charge >= 0.3 is 0 Å². The molecular weight excluding hydrogens is 270 g/mol. The molecular formula is C17H26ClNO. The van der Waals surface area contributed by atoms with Gasteiger partial charge in [0.05, 0.1) is 6.61 Å². The van der Waals surface area contributed by atoms with Crippen LogP contribution in [0.3, 0.4) is 0 Å². The molecule has 112 valence electrons. The Morgan fingerprint density at radius 2 is 1.95 bits per heavy atom. The molecule has 0 atom stereocenters. The first-order valence-corrected chi connectivity index (χ1v) is 7.91. The second kappa shape index (κ2) is 6.93. The van der Waals surface area contributed by atoms with E-state index in [1.165, 1.54) is 18.4 Å². The Morgan fingerprint density at radius 3 is 2.50 bits per heavy atom. The smallest absolute Gasteiger partial charge is 0.0587 e. The number of hydrogen-bond donors (Lipinski definition) is 1. The maximum atomic E-state index is 6.02. The molecule has 0 aliphatic heterocycles. The van der Waals surface area contributed by atoms with Gasteiger partial charge in [0.1, 0.15) is 0 Å². The average Bonchev–Trinajstić information content (AvgIpc) is 2.38. The highest BCUT2D eigenvalue weighted by Crippen LogP contribution is 2.50. The molecule has 0 amide bonds. The van der Waals surface area contributed by atoms with E-state index in [1.54, 1.807) is 7.11 Å². The van der Waals surface area contributed by atoms with E-state index in [4.69, 9.17) is 16.3 Å². The standard InChI is InChI=1S/C17H26ClNO/c1-13(2)14-10-17(11-14,12-19-8-9-20-3)15-4-6-16(18)7-5-15/h4-7,13-14,19H,8-12H2,1-3H3. The van der Waals surface area contributed by atoms with Crippen molar-refractivity contribution in [3.8, 4) is 0 Å². The van der Waals surface area contributed by atoms with Crippen LogP contribution in [0, 0.1) is 11.8 Å². The summed E-state index contributed by atoms with van der Waals surface area (Å²) in [5, 5.41) is 4.36. The fourth-order valence-electron chi connectivity index (χ4n) is 3.20. The van der Waals surface area contributed by atoms with Crippen LogP contribution in [0.15, 0.2) is 24.3 Å². The Balaban J connectivity index is 2.03. The topological polar surface area (TPSA) is 21.3 Å². The second-order valence-electron chi connectivity index (χ2n) is 6.37. The zero-order valence-electron chi connectivity index (χ0n) is 12.8. The van der Waals surface area contributed by atoms with Crippen LogP contribution in [-0.4, -0.2) is 26.8 Å². The summed E-state index contributed by atoms with van der Waals surface area (Å²) in [6.45, 7) is 7.37. The molecule has 1 aliphatic rings. The molecule has 1 aromatic rings. The van der Waals surface area contributed by atoms with E-state index < -0.39 is 0 Å². The Labute approximate surface area is 127 Å². The Kier molecular flexibility index (Phi) is 5.48. The summed E-state index contributed by atoms with van der Waals surface area (Å²) in [5.74, 6) is 1.62. The minimum Gasteiger partial charge on any atom is -0.383 e. The molecule has 0 heterocycles. The zero-order chi connectivity index (χ0) is 14.6. The Bertz CT molecular complexity index is 410. The van der Waals surface area contributed by atoms with E-state index in [9.17, 15) is 0 Å².